The van der Waals surface area contributed by atoms with Crippen LogP contribution in [0.3, 0.4) is 0 Å². The third kappa shape index (κ3) is 4.55. The summed E-state index contributed by atoms with van der Waals surface area (Å²) in [4.78, 5) is 24.7. The third-order valence-corrected chi connectivity index (χ3v) is 3.15. The molecule has 1 atom stereocenters. The second-order valence-corrected chi connectivity index (χ2v) is 5.41. The lowest BCUT2D eigenvalue weighted by Crippen LogP contribution is -2.45. The Balaban J connectivity index is 2.43. The van der Waals surface area contributed by atoms with Crippen LogP contribution < -0.4 is 5.32 Å². The van der Waals surface area contributed by atoms with Crippen molar-refractivity contribution in [1.82, 2.24) is 10.2 Å². The molecule has 0 bridgehead atoms. The van der Waals surface area contributed by atoms with Crippen LogP contribution in [0, 0.1) is 11.8 Å². The number of carbonyl (C=O) groups excluding carboxylic acids is 1. The predicted octanol–water partition coefficient (Wildman–Crippen LogP) is 1.93. The van der Waals surface area contributed by atoms with Crippen LogP contribution in [-0.2, 0) is 4.79 Å². The summed E-state index contributed by atoms with van der Waals surface area (Å²) in [6, 6.07) is 0.239. The number of aliphatic carboxylic acids is 1. The van der Waals surface area contributed by atoms with Crippen LogP contribution in [-0.4, -0.2) is 41.1 Å². The standard InChI is InChI=1S/C13H24N2O3/c1-4-10(12(16)17)7-14-13(18)15(8-9(2)3)11-5-6-11/h9-11H,4-8H2,1-3H3,(H,14,18)(H,16,17). The number of carbonyl (C=O) groups is 2. The molecule has 1 unspecified atom stereocenters. The summed E-state index contributed by atoms with van der Waals surface area (Å²) in [6.07, 6.45) is 2.66. The third-order valence-electron chi connectivity index (χ3n) is 3.15. The van der Waals surface area contributed by atoms with E-state index in [0.717, 1.165) is 19.4 Å². The van der Waals surface area contributed by atoms with Crippen molar-refractivity contribution in [3.8, 4) is 0 Å². The number of nitrogens with zero attached hydrogens (tertiary/aromatic N) is 1. The van der Waals surface area contributed by atoms with Gasteiger partial charge in [0.2, 0.25) is 0 Å². The second kappa shape index (κ2) is 6.61. The van der Waals surface area contributed by atoms with Gasteiger partial charge in [-0.3, -0.25) is 4.79 Å². The van der Waals surface area contributed by atoms with E-state index < -0.39 is 11.9 Å². The van der Waals surface area contributed by atoms with E-state index in [1.54, 1.807) is 0 Å². The molecule has 0 aromatic heterocycles. The van der Waals surface area contributed by atoms with E-state index in [1.165, 1.54) is 0 Å². The predicted molar refractivity (Wildman–Crippen MR) is 69.4 cm³/mol. The molecule has 0 saturated heterocycles. The number of rotatable bonds is 7. The molecule has 0 aliphatic heterocycles. The Bertz CT molecular complexity index is 301. The van der Waals surface area contributed by atoms with E-state index in [1.807, 2.05) is 11.8 Å². The molecular formula is C13H24N2O3. The first kappa shape index (κ1) is 14.8. The highest BCUT2D eigenvalue weighted by Crippen LogP contribution is 2.27. The quantitative estimate of drug-likeness (QED) is 0.731. The first-order valence-electron chi connectivity index (χ1n) is 6.73. The summed E-state index contributed by atoms with van der Waals surface area (Å²) in [5, 5.41) is 11.7. The second-order valence-electron chi connectivity index (χ2n) is 5.41. The molecule has 0 aromatic rings. The summed E-state index contributed by atoms with van der Waals surface area (Å²) in [6.45, 7) is 6.92. The van der Waals surface area contributed by atoms with Gasteiger partial charge in [-0.05, 0) is 25.2 Å². The summed E-state index contributed by atoms with van der Waals surface area (Å²) in [7, 11) is 0. The molecule has 18 heavy (non-hydrogen) atoms. The number of hydrogen-bond acceptors (Lipinski definition) is 2. The highest BCUT2D eigenvalue weighted by atomic mass is 16.4. The lowest BCUT2D eigenvalue weighted by molar-refractivity contribution is -0.141. The Morgan fingerprint density at radius 1 is 1.39 bits per heavy atom. The zero-order valence-electron chi connectivity index (χ0n) is 11.5. The number of nitrogens with one attached hydrogen (secondary N) is 1. The van der Waals surface area contributed by atoms with Crippen LogP contribution in [0.4, 0.5) is 4.79 Å². The van der Waals surface area contributed by atoms with E-state index in [4.69, 9.17) is 5.11 Å². The van der Waals surface area contributed by atoms with Gasteiger partial charge in [0.05, 0.1) is 5.92 Å². The lowest BCUT2D eigenvalue weighted by atomic mass is 10.1. The molecule has 1 fully saturated rings. The van der Waals surface area contributed by atoms with Crippen LogP contribution in [0.5, 0.6) is 0 Å². The van der Waals surface area contributed by atoms with Crippen molar-refractivity contribution < 1.29 is 14.7 Å². The number of carboxylic acid groups (broad SMARTS) is 1. The zero-order chi connectivity index (χ0) is 13.7. The molecule has 0 heterocycles. The van der Waals surface area contributed by atoms with Gasteiger partial charge < -0.3 is 15.3 Å². The fourth-order valence-corrected chi connectivity index (χ4v) is 1.90. The van der Waals surface area contributed by atoms with Gasteiger partial charge in [0.25, 0.3) is 0 Å². The molecule has 1 saturated carbocycles. The van der Waals surface area contributed by atoms with Gasteiger partial charge in [0.15, 0.2) is 0 Å². The minimum atomic E-state index is -0.848. The molecule has 0 radical (unpaired) electrons. The molecule has 0 spiro atoms. The van der Waals surface area contributed by atoms with Gasteiger partial charge in [-0.2, -0.15) is 0 Å². The summed E-state index contributed by atoms with van der Waals surface area (Å²) < 4.78 is 0. The summed E-state index contributed by atoms with van der Waals surface area (Å²) >= 11 is 0. The topological polar surface area (TPSA) is 69.6 Å². The first-order chi connectivity index (χ1) is 8.45. The number of carboxylic acids is 1. The molecule has 2 amide bonds. The van der Waals surface area contributed by atoms with Crippen LogP contribution in [0.2, 0.25) is 0 Å². The monoisotopic (exact) mass is 256 g/mol. The van der Waals surface area contributed by atoms with E-state index in [9.17, 15) is 9.59 Å². The van der Waals surface area contributed by atoms with E-state index >= 15 is 0 Å². The molecule has 1 aliphatic rings. The fraction of sp³-hybridized carbons (Fsp3) is 0.846. The first-order valence-corrected chi connectivity index (χ1v) is 6.73. The van der Waals surface area contributed by atoms with Gasteiger partial charge in [-0.15, -0.1) is 0 Å². The molecular weight excluding hydrogens is 232 g/mol. The molecule has 5 nitrogen and oxygen atoms in total. The maximum atomic E-state index is 12.0. The largest absolute Gasteiger partial charge is 0.481 e. The molecule has 1 rings (SSSR count). The summed E-state index contributed by atoms with van der Waals surface area (Å²) in [5.41, 5.74) is 0. The average Bonchev–Trinajstić information content (AvgIpc) is 3.09. The van der Waals surface area contributed by atoms with Crippen molar-refractivity contribution in [3.05, 3.63) is 0 Å². The van der Waals surface area contributed by atoms with Crippen LogP contribution in [0.15, 0.2) is 0 Å². The van der Waals surface area contributed by atoms with Crippen molar-refractivity contribution in [2.45, 2.75) is 46.1 Å². The maximum Gasteiger partial charge on any atom is 0.317 e. The van der Waals surface area contributed by atoms with Crippen LogP contribution in [0.25, 0.3) is 0 Å². The SMILES string of the molecule is CCC(CNC(=O)N(CC(C)C)C1CC1)C(=O)O. The number of amides is 2. The van der Waals surface area contributed by atoms with Crippen LogP contribution in [0.1, 0.15) is 40.0 Å². The molecule has 5 heteroatoms. The lowest BCUT2D eigenvalue weighted by Gasteiger charge is -2.25. The number of urea groups is 1. The normalized spacial score (nSPS) is 16.4. The van der Waals surface area contributed by atoms with Crippen molar-refractivity contribution >= 4 is 12.0 Å². The van der Waals surface area contributed by atoms with E-state index in [2.05, 4.69) is 19.2 Å². The highest BCUT2D eigenvalue weighted by Gasteiger charge is 2.33. The average molecular weight is 256 g/mol. The molecule has 0 aromatic carbocycles. The van der Waals surface area contributed by atoms with E-state index in [0.29, 0.717) is 18.4 Å². The Morgan fingerprint density at radius 2 is 2.00 bits per heavy atom. The number of hydrogen-bond donors (Lipinski definition) is 2. The van der Waals surface area contributed by atoms with Gasteiger partial charge >= 0.3 is 12.0 Å². The Kier molecular flexibility index (Phi) is 5.44. The molecule has 1 aliphatic carbocycles. The zero-order valence-corrected chi connectivity index (χ0v) is 11.5. The minimum absolute atomic E-state index is 0.120. The summed E-state index contributed by atoms with van der Waals surface area (Å²) in [5.74, 6) is -0.911. The van der Waals surface area contributed by atoms with Gasteiger partial charge in [0, 0.05) is 19.1 Å². The van der Waals surface area contributed by atoms with Crippen LogP contribution >= 0.6 is 0 Å². The van der Waals surface area contributed by atoms with Gasteiger partial charge in [-0.1, -0.05) is 20.8 Å². The van der Waals surface area contributed by atoms with Gasteiger partial charge in [-0.25, -0.2) is 4.79 Å². The van der Waals surface area contributed by atoms with Gasteiger partial charge in [0.1, 0.15) is 0 Å². The maximum absolute atomic E-state index is 12.0. The molecule has 2 N–H and O–H groups in total. The molecule has 104 valence electrons. The van der Waals surface area contributed by atoms with Crippen molar-refractivity contribution in [2.24, 2.45) is 11.8 Å². The van der Waals surface area contributed by atoms with E-state index in [-0.39, 0.29) is 12.6 Å². The van der Waals surface area contributed by atoms with Crippen molar-refractivity contribution in [3.63, 3.8) is 0 Å². The Labute approximate surface area is 109 Å². The smallest absolute Gasteiger partial charge is 0.317 e. The highest BCUT2D eigenvalue weighted by molar-refractivity contribution is 5.76. The fourth-order valence-electron chi connectivity index (χ4n) is 1.90. The van der Waals surface area contributed by atoms with Crippen molar-refractivity contribution in [1.29, 1.82) is 0 Å². The van der Waals surface area contributed by atoms with Crippen molar-refractivity contribution in [2.75, 3.05) is 13.1 Å². The Hall–Kier alpha value is -1.26. The minimum Gasteiger partial charge on any atom is -0.481 e. The Morgan fingerprint density at radius 3 is 2.39 bits per heavy atom.